The summed E-state index contributed by atoms with van der Waals surface area (Å²) < 4.78 is 79.5. The molecule has 0 bridgehead atoms. The van der Waals surface area contributed by atoms with Crippen molar-refractivity contribution in [1.82, 2.24) is 4.98 Å². The van der Waals surface area contributed by atoms with Crippen molar-refractivity contribution in [3.05, 3.63) is 28.8 Å². The highest BCUT2D eigenvalue weighted by molar-refractivity contribution is 5.91. The molecule has 0 aliphatic rings. The van der Waals surface area contributed by atoms with Crippen LogP contribution in [0.25, 0.3) is 0 Å². The van der Waals surface area contributed by atoms with E-state index < -0.39 is 41.2 Å². The molecule has 9 heteroatoms. The van der Waals surface area contributed by atoms with Crippen molar-refractivity contribution < 1.29 is 35.9 Å². The van der Waals surface area contributed by atoms with Crippen LogP contribution in [0.4, 0.5) is 26.3 Å². The number of alkyl halides is 5. The number of esters is 1. The SMILES string of the molecule is COC(=O)c1c(F)cnc(C(F)(F)F)c1C(F)F. The monoisotopic (exact) mass is 273 g/mol. The number of rotatable bonds is 2. The van der Waals surface area contributed by atoms with Crippen LogP contribution in [-0.4, -0.2) is 18.1 Å². The molecule has 0 atom stereocenters. The van der Waals surface area contributed by atoms with E-state index in [1.54, 1.807) is 0 Å². The summed E-state index contributed by atoms with van der Waals surface area (Å²) in [7, 11) is 0.727. The van der Waals surface area contributed by atoms with E-state index in [1.165, 1.54) is 0 Å². The lowest BCUT2D eigenvalue weighted by Crippen LogP contribution is -2.19. The summed E-state index contributed by atoms with van der Waals surface area (Å²) in [5.74, 6) is -3.24. The van der Waals surface area contributed by atoms with Gasteiger partial charge in [-0.05, 0) is 0 Å². The zero-order valence-electron chi connectivity index (χ0n) is 8.69. The number of methoxy groups -OCH3 is 1. The summed E-state index contributed by atoms with van der Waals surface area (Å²) in [6, 6.07) is 0. The third-order valence-corrected chi connectivity index (χ3v) is 1.95. The Balaban J connectivity index is 3.64. The summed E-state index contributed by atoms with van der Waals surface area (Å²) >= 11 is 0. The van der Waals surface area contributed by atoms with Crippen LogP contribution >= 0.6 is 0 Å². The Labute approximate surface area is 96.4 Å². The summed E-state index contributed by atoms with van der Waals surface area (Å²) in [6.07, 6.45) is -8.91. The van der Waals surface area contributed by atoms with Gasteiger partial charge in [0.25, 0.3) is 6.43 Å². The Bertz CT molecular complexity index is 471. The molecule has 18 heavy (non-hydrogen) atoms. The number of carbonyl (C=O) groups excluding carboxylic acids is 1. The van der Waals surface area contributed by atoms with Gasteiger partial charge in [-0.25, -0.2) is 22.9 Å². The molecule has 0 fully saturated rings. The lowest BCUT2D eigenvalue weighted by molar-refractivity contribution is -0.143. The van der Waals surface area contributed by atoms with Crippen LogP contribution in [0.3, 0.4) is 0 Å². The van der Waals surface area contributed by atoms with Crippen molar-refractivity contribution in [2.24, 2.45) is 0 Å². The quantitative estimate of drug-likeness (QED) is 0.614. The van der Waals surface area contributed by atoms with Gasteiger partial charge in [-0.3, -0.25) is 0 Å². The lowest BCUT2D eigenvalue weighted by Gasteiger charge is -2.14. The summed E-state index contributed by atoms with van der Waals surface area (Å²) in [5.41, 5.74) is -5.30. The Hall–Kier alpha value is -1.80. The Morgan fingerprint density at radius 1 is 1.39 bits per heavy atom. The number of pyridine rings is 1. The standard InChI is InChI=1S/C9H5F6NO2/c1-18-8(17)4-3(10)2-16-6(9(13,14)15)5(4)7(11)12/h2,7H,1H3. The van der Waals surface area contributed by atoms with Gasteiger partial charge < -0.3 is 4.74 Å². The normalized spacial score (nSPS) is 11.8. The van der Waals surface area contributed by atoms with E-state index in [0.717, 1.165) is 7.11 Å². The molecule has 1 aromatic heterocycles. The van der Waals surface area contributed by atoms with E-state index >= 15 is 0 Å². The molecule has 0 saturated heterocycles. The summed E-state index contributed by atoms with van der Waals surface area (Å²) in [4.78, 5) is 13.6. The van der Waals surface area contributed by atoms with Gasteiger partial charge in [0.2, 0.25) is 0 Å². The van der Waals surface area contributed by atoms with E-state index in [2.05, 4.69) is 9.72 Å². The fourth-order valence-electron chi connectivity index (χ4n) is 1.25. The average Bonchev–Trinajstić information content (AvgIpc) is 2.25. The van der Waals surface area contributed by atoms with Crippen molar-refractivity contribution >= 4 is 5.97 Å². The summed E-state index contributed by atoms with van der Waals surface area (Å²) in [5, 5.41) is 0. The van der Waals surface area contributed by atoms with Crippen molar-refractivity contribution in [1.29, 1.82) is 0 Å². The van der Waals surface area contributed by atoms with Crippen LogP contribution in [0.5, 0.6) is 0 Å². The highest BCUT2D eigenvalue weighted by Gasteiger charge is 2.41. The second-order valence-corrected chi connectivity index (χ2v) is 3.03. The topological polar surface area (TPSA) is 39.2 Å². The number of hydrogen-bond donors (Lipinski definition) is 0. The molecule has 0 radical (unpaired) electrons. The number of carbonyl (C=O) groups is 1. The van der Waals surface area contributed by atoms with E-state index in [1.807, 2.05) is 0 Å². The maximum absolute atomic E-state index is 13.2. The van der Waals surface area contributed by atoms with Crippen LogP contribution in [0.2, 0.25) is 0 Å². The van der Waals surface area contributed by atoms with Crippen molar-refractivity contribution in [2.45, 2.75) is 12.6 Å². The number of nitrogens with zero attached hydrogens (tertiary/aromatic N) is 1. The first-order valence-corrected chi connectivity index (χ1v) is 4.32. The highest BCUT2D eigenvalue weighted by Crippen LogP contribution is 2.37. The molecule has 3 nitrogen and oxygen atoms in total. The van der Waals surface area contributed by atoms with Crippen LogP contribution < -0.4 is 0 Å². The largest absolute Gasteiger partial charge is 0.465 e. The van der Waals surface area contributed by atoms with Gasteiger partial charge in [0.1, 0.15) is 5.56 Å². The smallest absolute Gasteiger partial charge is 0.433 e. The minimum Gasteiger partial charge on any atom is -0.465 e. The predicted molar refractivity (Wildman–Crippen MR) is 45.5 cm³/mol. The molecule has 0 saturated carbocycles. The fourth-order valence-corrected chi connectivity index (χ4v) is 1.25. The zero-order chi connectivity index (χ0) is 14.1. The maximum Gasteiger partial charge on any atom is 0.433 e. The van der Waals surface area contributed by atoms with E-state index in [-0.39, 0.29) is 6.20 Å². The van der Waals surface area contributed by atoms with Crippen LogP contribution in [0.1, 0.15) is 28.0 Å². The molecule has 1 aromatic rings. The van der Waals surface area contributed by atoms with Crippen LogP contribution in [-0.2, 0) is 10.9 Å². The predicted octanol–water partition coefficient (Wildman–Crippen LogP) is 2.96. The van der Waals surface area contributed by atoms with Gasteiger partial charge >= 0.3 is 12.1 Å². The van der Waals surface area contributed by atoms with Crippen molar-refractivity contribution in [3.8, 4) is 0 Å². The second-order valence-electron chi connectivity index (χ2n) is 3.03. The molecule has 0 aliphatic carbocycles. The number of ether oxygens (including phenoxy) is 1. The number of halogens is 6. The molecule has 0 unspecified atom stereocenters. The van der Waals surface area contributed by atoms with E-state index in [0.29, 0.717) is 0 Å². The Morgan fingerprint density at radius 2 is 1.94 bits per heavy atom. The number of aromatic nitrogens is 1. The molecular weight excluding hydrogens is 268 g/mol. The molecule has 1 rings (SSSR count). The van der Waals surface area contributed by atoms with Gasteiger partial charge in [0.15, 0.2) is 11.5 Å². The first kappa shape index (κ1) is 14.3. The van der Waals surface area contributed by atoms with Gasteiger partial charge in [-0.2, -0.15) is 13.2 Å². The number of hydrogen-bond acceptors (Lipinski definition) is 3. The van der Waals surface area contributed by atoms with Gasteiger partial charge in [-0.15, -0.1) is 0 Å². The molecular formula is C9H5F6NO2. The first-order chi connectivity index (χ1) is 8.20. The molecule has 0 spiro atoms. The highest BCUT2D eigenvalue weighted by atomic mass is 19.4. The molecule has 1 heterocycles. The third-order valence-electron chi connectivity index (χ3n) is 1.95. The second kappa shape index (κ2) is 4.83. The third kappa shape index (κ3) is 2.54. The van der Waals surface area contributed by atoms with Crippen molar-refractivity contribution in [3.63, 3.8) is 0 Å². The van der Waals surface area contributed by atoms with Gasteiger partial charge in [-0.1, -0.05) is 0 Å². The lowest BCUT2D eigenvalue weighted by atomic mass is 10.1. The zero-order valence-corrected chi connectivity index (χ0v) is 8.69. The Morgan fingerprint density at radius 3 is 2.33 bits per heavy atom. The van der Waals surface area contributed by atoms with E-state index in [9.17, 15) is 31.1 Å². The molecule has 0 aromatic carbocycles. The first-order valence-electron chi connectivity index (χ1n) is 4.32. The van der Waals surface area contributed by atoms with Crippen LogP contribution in [0, 0.1) is 5.82 Å². The van der Waals surface area contributed by atoms with E-state index in [4.69, 9.17) is 0 Å². The van der Waals surface area contributed by atoms with Gasteiger partial charge in [0.05, 0.1) is 18.9 Å². The van der Waals surface area contributed by atoms with Crippen molar-refractivity contribution in [2.75, 3.05) is 7.11 Å². The summed E-state index contributed by atoms with van der Waals surface area (Å²) in [6.45, 7) is 0. The van der Waals surface area contributed by atoms with Crippen LogP contribution in [0.15, 0.2) is 6.20 Å². The fraction of sp³-hybridized carbons (Fsp3) is 0.333. The average molecular weight is 273 g/mol. The minimum absolute atomic E-state index is 0.0426. The molecule has 100 valence electrons. The Kier molecular flexibility index (Phi) is 3.82. The molecule has 0 N–H and O–H groups in total. The molecule has 0 aliphatic heterocycles. The molecule has 0 amide bonds. The maximum atomic E-state index is 13.2. The van der Waals surface area contributed by atoms with Gasteiger partial charge in [0, 0.05) is 0 Å². The minimum atomic E-state index is -5.23.